The number of likely N-dealkylation sites (N-methyl/N-ethyl adjacent to an activating group) is 1. The molecule has 0 radical (unpaired) electrons. The minimum Gasteiger partial charge on any atom is -0.387 e. The molecule has 1 fully saturated rings. The van der Waals surface area contributed by atoms with Crippen LogP contribution >= 0.6 is 0 Å². The van der Waals surface area contributed by atoms with Crippen molar-refractivity contribution in [3.63, 3.8) is 0 Å². The van der Waals surface area contributed by atoms with E-state index in [0.717, 1.165) is 18.3 Å². The molecular formula is C30H46F3N5O3. The van der Waals surface area contributed by atoms with Gasteiger partial charge in [0, 0.05) is 63.4 Å². The van der Waals surface area contributed by atoms with Gasteiger partial charge in [-0.3, -0.25) is 9.89 Å². The number of rotatable bonds is 13. The summed E-state index contributed by atoms with van der Waals surface area (Å²) in [5, 5.41) is 36.1. The zero-order valence-electron chi connectivity index (χ0n) is 24.5. The molecule has 2 rings (SSSR count). The molecule has 2 aliphatic rings. The molecule has 0 aromatic rings. The van der Waals surface area contributed by atoms with Gasteiger partial charge < -0.3 is 30.9 Å². The molecule has 0 aromatic carbocycles. The Morgan fingerprint density at radius 2 is 1.88 bits per heavy atom. The molecular weight excluding hydrogens is 535 g/mol. The molecule has 8 nitrogen and oxygen atoms in total. The van der Waals surface area contributed by atoms with Crippen LogP contribution < -0.4 is 10.6 Å². The molecule has 0 aliphatic carbocycles. The number of allylic oxidation sites excluding steroid dienone is 5. The van der Waals surface area contributed by atoms with E-state index in [0.29, 0.717) is 56.1 Å². The maximum absolute atomic E-state index is 12.5. The highest BCUT2D eigenvalue weighted by Crippen LogP contribution is 2.20. The lowest BCUT2D eigenvalue weighted by Crippen LogP contribution is -2.53. The zero-order chi connectivity index (χ0) is 30.6. The molecule has 230 valence electrons. The Bertz CT molecular complexity index is 1020. The largest absolute Gasteiger partial charge is 0.409 e. The molecule has 11 heteroatoms. The SMILES string of the molecule is C=C(NC)/C(=C\C=C\C(F)(F)F)NC(C)C1C=CC(N2CCN(C(O)C(C)C/C=C(\C=C/CC)C(O)O)CC2)=NC1. The Hall–Kier alpha value is -2.86. The van der Waals surface area contributed by atoms with Gasteiger partial charge in [-0.1, -0.05) is 50.8 Å². The standard InChI is InChI=1S/C30H46F3N5O3/c1-6-7-9-24(29(40)41)12-11-21(2)28(39)38-18-16-37(17-19-38)27-14-13-25(20-35-27)22(3)36-26(23(4)34-5)10-8-15-30(31,32)33/h7-10,12-15,21-22,25,28-29,34,36,39-41H,4,6,11,16-20H2,1-3,5H3/b9-7-,15-8+,24-12+,26-10+. The molecule has 1 saturated heterocycles. The van der Waals surface area contributed by atoms with Gasteiger partial charge in [0.05, 0.1) is 11.4 Å². The molecule has 4 atom stereocenters. The van der Waals surface area contributed by atoms with Gasteiger partial charge in [-0.25, -0.2) is 0 Å². The predicted octanol–water partition coefficient (Wildman–Crippen LogP) is 3.45. The highest BCUT2D eigenvalue weighted by atomic mass is 19.4. The normalized spacial score (nSPS) is 21.9. The average molecular weight is 582 g/mol. The maximum atomic E-state index is 12.5. The Morgan fingerprint density at radius 3 is 2.41 bits per heavy atom. The van der Waals surface area contributed by atoms with Crippen LogP contribution in [0.5, 0.6) is 0 Å². The van der Waals surface area contributed by atoms with Crippen LogP contribution in [0.25, 0.3) is 0 Å². The van der Waals surface area contributed by atoms with Gasteiger partial charge in [-0.15, -0.1) is 0 Å². The summed E-state index contributed by atoms with van der Waals surface area (Å²) in [6.07, 6.45) is 6.61. The van der Waals surface area contributed by atoms with Gasteiger partial charge in [0.15, 0.2) is 6.29 Å². The van der Waals surface area contributed by atoms with Crippen LogP contribution in [0.1, 0.15) is 33.6 Å². The maximum Gasteiger partial charge on any atom is 0.409 e. The minimum atomic E-state index is -4.38. The van der Waals surface area contributed by atoms with E-state index >= 15 is 0 Å². The topological polar surface area (TPSA) is 104 Å². The van der Waals surface area contributed by atoms with Gasteiger partial charge in [-0.05, 0) is 37.8 Å². The first-order chi connectivity index (χ1) is 19.4. The second-order valence-electron chi connectivity index (χ2n) is 10.4. The van der Waals surface area contributed by atoms with E-state index in [2.05, 4.69) is 28.2 Å². The number of alkyl halides is 3. The zero-order valence-corrected chi connectivity index (χ0v) is 24.5. The summed E-state index contributed by atoms with van der Waals surface area (Å²) in [6.45, 7) is 13.0. The third-order valence-electron chi connectivity index (χ3n) is 7.25. The van der Waals surface area contributed by atoms with Crippen molar-refractivity contribution in [2.45, 2.75) is 58.3 Å². The van der Waals surface area contributed by atoms with Crippen LogP contribution in [-0.2, 0) is 0 Å². The summed E-state index contributed by atoms with van der Waals surface area (Å²) in [5.41, 5.74) is 1.39. The van der Waals surface area contributed by atoms with Gasteiger partial charge in [0.2, 0.25) is 0 Å². The quantitative estimate of drug-likeness (QED) is 0.168. The Kier molecular flexibility index (Phi) is 13.9. The Morgan fingerprint density at radius 1 is 1.20 bits per heavy atom. The first kappa shape index (κ1) is 34.3. The van der Waals surface area contributed by atoms with Crippen LogP contribution in [0.4, 0.5) is 13.2 Å². The third-order valence-corrected chi connectivity index (χ3v) is 7.25. The summed E-state index contributed by atoms with van der Waals surface area (Å²) in [4.78, 5) is 8.99. The summed E-state index contributed by atoms with van der Waals surface area (Å²) in [7, 11) is 1.66. The summed E-state index contributed by atoms with van der Waals surface area (Å²) >= 11 is 0. The van der Waals surface area contributed by atoms with Crippen molar-refractivity contribution < 1.29 is 28.5 Å². The number of halogens is 3. The fourth-order valence-electron chi connectivity index (χ4n) is 4.56. The number of nitrogens with zero attached hydrogens (tertiary/aromatic N) is 3. The molecule has 0 spiro atoms. The van der Waals surface area contributed by atoms with Crippen molar-refractivity contribution in [1.29, 1.82) is 0 Å². The summed E-state index contributed by atoms with van der Waals surface area (Å²) in [6, 6.07) is -0.0976. The van der Waals surface area contributed by atoms with E-state index in [-0.39, 0.29) is 24.0 Å². The van der Waals surface area contributed by atoms with E-state index in [1.54, 1.807) is 19.2 Å². The second kappa shape index (κ2) is 16.5. The molecule has 4 unspecified atom stereocenters. The number of aliphatic imine (C=N–C) groups is 1. The van der Waals surface area contributed by atoms with E-state index < -0.39 is 18.7 Å². The van der Waals surface area contributed by atoms with Crippen molar-refractivity contribution in [3.05, 3.63) is 72.2 Å². The number of nitrogens with one attached hydrogen (secondary N) is 2. The minimum absolute atomic E-state index is 0.0462. The Balaban J connectivity index is 1.89. The summed E-state index contributed by atoms with van der Waals surface area (Å²) in [5.74, 6) is 0.838. The van der Waals surface area contributed by atoms with Gasteiger partial charge >= 0.3 is 6.18 Å². The first-order valence-corrected chi connectivity index (χ1v) is 14.1. The second-order valence-corrected chi connectivity index (χ2v) is 10.4. The first-order valence-electron chi connectivity index (χ1n) is 14.1. The van der Waals surface area contributed by atoms with Gasteiger partial charge in [0.1, 0.15) is 12.1 Å². The van der Waals surface area contributed by atoms with Crippen molar-refractivity contribution in [2.24, 2.45) is 16.8 Å². The van der Waals surface area contributed by atoms with Crippen LogP contribution in [0.2, 0.25) is 0 Å². The van der Waals surface area contributed by atoms with E-state index in [1.807, 2.05) is 37.8 Å². The number of aliphatic hydroxyl groups is 3. The molecule has 5 N–H and O–H groups in total. The van der Waals surface area contributed by atoms with E-state index in [1.165, 1.54) is 6.08 Å². The lowest BCUT2D eigenvalue weighted by molar-refractivity contribution is -0.0798. The van der Waals surface area contributed by atoms with Crippen LogP contribution in [0.15, 0.2) is 77.1 Å². The van der Waals surface area contributed by atoms with Crippen LogP contribution in [0.3, 0.4) is 0 Å². The number of hydrogen-bond acceptors (Lipinski definition) is 8. The predicted molar refractivity (Wildman–Crippen MR) is 158 cm³/mol. The van der Waals surface area contributed by atoms with Crippen molar-refractivity contribution in [3.8, 4) is 0 Å². The molecule has 0 saturated carbocycles. The fraction of sp³-hybridized carbons (Fsp3) is 0.567. The average Bonchev–Trinajstić information content (AvgIpc) is 2.95. The number of amidine groups is 1. The van der Waals surface area contributed by atoms with E-state index in [4.69, 9.17) is 4.99 Å². The van der Waals surface area contributed by atoms with Gasteiger partial charge in [0.25, 0.3) is 0 Å². The fourth-order valence-corrected chi connectivity index (χ4v) is 4.56. The van der Waals surface area contributed by atoms with Crippen LogP contribution in [0, 0.1) is 11.8 Å². The monoisotopic (exact) mass is 581 g/mol. The lowest BCUT2D eigenvalue weighted by Gasteiger charge is -2.40. The molecule has 0 bridgehead atoms. The number of piperazine rings is 1. The van der Waals surface area contributed by atoms with Crippen LogP contribution in [-0.4, -0.2) is 95.5 Å². The molecule has 0 aromatic heterocycles. The van der Waals surface area contributed by atoms with E-state index in [9.17, 15) is 28.5 Å². The molecule has 2 aliphatic heterocycles. The molecule has 0 amide bonds. The number of hydrogen-bond donors (Lipinski definition) is 5. The number of dihydropyridines is 1. The Labute approximate surface area is 242 Å². The molecule has 2 heterocycles. The summed E-state index contributed by atoms with van der Waals surface area (Å²) < 4.78 is 37.5. The molecule has 41 heavy (non-hydrogen) atoms. The lowest BCUT2D eigenvalue weighted by atomic mass is 9.98. The van der Waals surface area contributed by atoms with Crippen molar-refractivity contribution >= 4 is 5.84 Å². The van der Waals surface area contributed by atoms with Gasteiger partial charge in [-0.2, -0.15) is 13.2 Å². The smallest absolute Gasteiger partial charge is 0.387 e. The highest BCUT2D eigenvalue weighted by Gasteiger charge is 2.28. The highest BCUT2D eigenvalue weighted by molar-refractivity contribution is 5.93. The third kappa shape index (κ3) is 11.5. The van der Waals surface area contributed by atoms with Crippen molar-refractivity contribution in [2.75, 3.05) is 39.8 Å². The number of aliphatic hydroxyl groups excluding tert-OH is 2. The van der Waals surface area contributed by atoms with Crippen molar-refractivity contribution in [1.82, 2.24) is 20.4 Å².